The molecule has 3 aromatic rings. The van der Waals surface area contributed by atoms with Gasteiger partial charge in [0.15, 0.2) is 0 Å². The van der Waals surface area contributed by atoms with Crippen LogP contribution in [0.2, 0.25) is 0 Å². The van der Waals surface area contributed by atoms with Crippen LogP contribution in [0.1, 0.15) is 37.1 Å². The quantitative estimate of drug-likeness (QED) is 0.694. The van der Waals surface area contributed by atoms with Gasteiger partial charge in [-0.1, -0.05) is 31.2 Å². The highest BCUT2D eigenvalue weighted by atomic mass is 19.1. The SMILES string of the molecule is CCCn1c(C2CC(=O)N(Cc3ccc(F)cc3)C2)nc2ccccc21. The number of fused-ring (bicyclic) bond motifs is 1. The maximum absolute atomic E-state index is 13.1. The van der Waals surface area contributed by atoms with E-state index in [1.807, 2.05) is 23.1 Å². The van der Waals surface area contributed by atoms with Crippen molar-refractivity contribution in [1.82, 2.24) is 14.5 Å². The highest BCUT2D eigenvalue weighted by molar-refractivity contribution is 5.81. The minimum absolute atomic E-state index is 0.0990. The molecule has 2 aromatic carbocycles. The van der Waals surface area contributed by atoms with Crippen LogP contribution in [-0.4, -0.2) is 26.9 Å². The van der Waals surface area contributed by atoms with E-state index in [1.54, 1.807) is 12.1 Å². The first-order valence-corrected chi connectivity index (χ1v) is 9.13. The summed E-state index contributed by atoms with van der Waals surface area (Å²) in [4.78, 5) is 19.2. The van der Waals surface area contributed by atoms with E-state index in [0.29, 0.717) is 19.5 Å². The van der Waals surface area contributed by atoms with Gasteiger partial charge < -0.3 is 9.47 Å². The lowest BCUT2D eigenvalue weighted by molar-refractivity contribution is -0.128. The Labute approximate surface area is 152 Å². The molecule has 1 atom stereocenters. The zero-order valence-electron chi connectivity index (χ0n) is 14.9. The Morgan fingerprint density at radius 2 is 1.92 bits per heavy atom. The second-order valence-corrected chi connectivity index (χ2v) is 6.91. The Kier molecular flexibility index (Phi) is 4.45. The maximum atomic E-state index is 13.1. The summed E-state index contributed by atoms with van der Waals surface area (Å²) >= 11 is 0. The predicted molar refractivity (Wildman–Crippen MR) is 99.2 cm³/mol. The molecule has 5 heteroatoms. The van der Waals surface area contributed by atoms with Gasteiger partial charge in [-0.2, -0.15) is 0 Å². The number of imidazole rings is 1. The van der Waals surface area contributed by atoms with Crippen LogP contribution in [0.4, 0.5) is 4.39 Å². The molecule has 1 saturated heterocycles. The number of benzene rings is 2. The van der Waals surface area contributed by atoms with Gasteiger partial charge in [0.1, 0.15) is 11.6 Å². The Morgan fingerprint density at radius 3 is 2.69 bits per heavy atom. The fourth-order valence-corrected chi connectivity index (χ4v) is 3.77. The molecule has 0 spiro atoms. The lowest BCUT2D eigenvalue weighted by Gasteiger charge is -2.17. The van der Waals surface area contributed by atoms with Gasteiger partial charge in [0, 0.05) is 32.0 Å². The van der Waals surface area contributed by atoms with Crippen molar-refractivity contribution >= 4 is 16.9 Å². The normalized spacial score (nSPS) is 17.4. The number of aromatic nitrogens is 2. The first-order chi connectivity index (χ1) is 12.7. The number of halogens is 1. The zero-order valence-corrected chi connectivity index (χ0v) is 14.9. The lowest BCUT2D eigenvalue weighted by Crippen LogP contribution is -2.24. The monoisotopic (exact) mass is 351 g/mol. The van der Waals surface area contributed by atoms with Crippen molar-refractivity contribution in [2.45, 2.75) is 38.8 Å². The highest BCUT2D eigenvalue weighted by Gasteiger charge is 2.33. The minimum Gasteiger partial charge on any atom is -0.338 e. The molecule has 0 saturated carbocycles. The molecule has 4 nitrogen and oxygen atoms in total. The summed E-state index contributed by atoms with van der Waals surface area (Å²) in [6.45, 7) is 4.23. The van der Waals surface area contributed by atoms with Crippen molar-refractivity contribution < 1.29 is 9.18 Å². The fraction of sp³-hybridized carbons (Fsp3) is 0.333. The zero-order chi connectivity index (χ0) is 18.1. The van der Waals surface area contributed by atoms with Gasteiger partial charge in [-0.05, 0) is 36.2 Å². The Balaban J connectivity index is 1.59. The van der Waals surface area contributed by atoms with Gasteiger partial charge >= 0.3 is 0 Å². The average molecular weight is 351 g/mol. The number of amides is 1. The predicted octanol–water partition coefficient (Wildman–Crippen LogP) is 4.10. The van der Waals surface area contributed by atoms with Gasteiger partial charge in [-0.3, -0.25) is 4.79 Å². The lowest BCUT2D eigenvalue weighted by atomic mass is 10.1. The number of hydrogen-bond donors (Lipinski definition) is 0. The topological polar surface area (TPSA) is 38.1 Å². The van der Waals surface area contributed by atoms with Crippen molar-refractivity contribution in [3.05, 3.63) is 65.7 Å². The minimum atomic E-state index is -0.257. The second kappa shape index (κ2) is 6.90. The van der Waals surface area contributed by atoms with E-state index < -0.39 is 0 Å². The van der Waals surface area contributed by atoms with Crippen LogP contribution >= 0.6 is 0 Å². The fourth-order valence-electron chi connectivity index (χ4n) is 3.77. The number of rotatable bonds is 5. The van der Waals surface area contributed by atoms with Crippen molar-refractivity contribution in [2.75, 3.05) is 6.54 Å². The van der Waals surface area contributed by atoms with E-state index in [-0.39, 0.29) is 17.6 Å². The molecule has 1 amide bonds. The van der Waals surface area contributed by atoms with E-state index in [1.165, 1.54) is 12.1 Å². The Hall–Kier alpha value is -2.69. The van der Waals surface area contributed by atoms with Crippen molar-refractivity contribution in [3.8, 4) is 0 Å². The number of aryl methyl sites for hydroxylation is 1. The Morgan fingerprint density at radius 1 is 1.15 bits per heavy atom. The summed E-state index contributed by atoms with van der Waals surface area (Å²) in [5, 5.41) is 0. The molecule has 0 aliphatic carbocycles. The van der Waals surface area contributed by atoms with Gasteiger partial charge in [0.2, 0.25) is 5.91 Å². The molecule has 134 valence electrons. The third-order valence-electron chi connectivity index (χ3n) is 5.00. The summed E-state index contributed by atoms with van der Waals surface area (Å²) < 4.78 is 15.3. The van der Waals surface area contributed by atoms with Crippen LogP contribution < -0.4 is 0 Å². The van der Waals surface area contributed by atoms with Crippen LogP contribution in [0.3, 0.4) is 0 Å². The molecular weight excluding hydrogens is 329 g/mol. The number of carbonyl (C=O) groups excluding carboxylic acids is 1. The molecule has 26 heavy (non-hydrogen) atoms. The number of hydrogen-bond acceptors (Lipinski definition) is 2. The van der Waals surface area contributed by atoms with Gasteiger partial charge in [0.25, 0.3) is 0 Å². The summed E-state index contributed by atoms with van der Waals surface area (Å²) in [5.74, 6) is 0.979. The van der Waals surface area contributed by atoms with Crippen LogP contribution in [-0.2, 0) is 17.9 Å². The molecule has 2 heterocycles. The third kappa shape index (κ3) is 3.09. The summed E-state index contributed by atoms with van der Waals surface area (Å²) in [6, 6.07) is 14.5. The number of para-hydroxylation sites is 2. The Bertz CT molecular complexity index is 932. The van der Waals surface area contributed by atoms with Gasteiger partial charge in [-0.15, -0.1) is 0 Å². The average Bonchev–Trinajstić information content (AvgIpc) is 3.19. The third-order valence-corrected chi connectivity index (χ3v) is 5.00. The summed E-state index contributed by atoms with van der Waals surface area (Å²) in [7, 11) is 0. The molecule has 1 aromatic heterocycles. The van der Waals surface area contributed by atoms with Crippen LogP contribution in [0.25, 0.3) is 11.0 Å². The number of nitrogens with zero attached hydrogens (tertiary/aromatic N) is 3. The second-order valence-electron chi connectivity index (χ2n) is 6.91. The van der Waals surface area contributed by atoms with Crippen LogP contribution in [0, 0.1) is 5.82 Å². The van der Waals surface area contributed by atoms with E-state index in [9.17, 15) is 9.18 Å². The molecular formula is C21H22FN3O. The first kappa shape index (κ1) is 16.8. The molecule has 0 N–H and O–H groups in total. The van der Waals surface area contributed by atoms with Gasteiger partial charge in [-0.25, -0.2) is 9.37 Å². The van der Waals surface area contributed by atoms with Crippen LogP contribution in [0.15, 0.2) is 48.5 Å². The first-order valence-electron chi connectivity index (χ1n) is 9.13. The molecule has 1 fully saturated rings. The summed E-state index contributed by atoms with van der Waals surface area (Å²) in [6.07, 6.45) is 1.50. The molecule has 1 aliphatic rings. The van der Waals surface area contributed by atoms with Gasteiger partial charge in [0.05, 0.1) is 11.0 Å². The molecule has 4 rings (SSSR count). The van der Waals surface area contributed by atoms with E-state index in [2.05, 4.69) is 17.6 Å². The molecule has 0 bridgehead atoms. The van der Waals surface area contributed by atoms with Crippen LogP contribution in [0.5, 0.6) is 0 Å². The molecule has 1 unspecified atom stereocenters. The smallest absolute Gasteiger partial charge is 0.223 e. The number of carbonyl (C=O) groups is 1. The van der Waals surface area contributed by atoms with E-state index in [4.69, 9.17) is 4.98 Å². The van der Waals surface area contributed by atoms with Crippen molar-refractivity contribution in [2.24, 2.45) is 0 Å². The van der Waals surface area contributed by atoms with E-state index >= 15 is 0 Å². The standard InChI is InChI=1S/C21H22FN3O/c1-2-11-25-19-6-4-3-5-18(19)23-21(25)16-12-20(26)24(14-16)13-15-7-9-17(22)10-8-15/h3-10,16H,2,11-14H2,1H3. The number of likely N-dealkylation sites (tertiary alicyclic amines) is 1. The van der Waals surface area contributed by atoms with Crippen molar-refractivity contribution in [3.63, 3.8) is 0 Å². The molecule has 1 aliphatic heterocycles. The molecule has 0 radical (unpaired) electrons. The van der Waals surface area contributed by atoms with Crippen molar-refractivity contribution in [1.29, 1.82) is 0 Å². The van der Waals surface area contributed by atoms with E-state index in [0.717, 1.165) is 35.4 Å². The summed E-state index contributed by atoms with van der Waals surface area (Å²) in [5.41, 5.74) is 3.07. The maximum Gasteiger partial charge on any atom is 0.223 e. The highest BCUT2D eigenvalue weighted by Crippen LogP contribution is 2.31. The largest absolute Gasteiger partial charge is 0.338 e.